The van der Waals surface area contributed by atoms with Crippen LogP contribution in [0.1, 0.15) is 30.5 Å². The van der Waals surface area contributed by atoms with Crippen molar-refractivity contribution in [1.82, 2.24) is 10.2 Å². The van der Waals surface area contributed by atoms with Crippen molar-refractivity contribution in [2.24, 2.45) is 5.92 Å². The molecular weight excluding hydrogens is 629 g/mol. The predicted molar refractivity (Wildman–Crippen MR) is 181 cm³/mol. The molecule has 0 saturated heterocycles. The maximum Gasteiger partial charge on any atom is 0.264 e. The van der Waals surface area contributed by atoms with Gasteiger partial charge in [-0.25, -0.2) is 8.42 Å². The summed E-state index contributed by atoms with van der Waals surface area (Å²) in [6, 6.07) is 28.3. The van der Waals surface area contributed by atoms with Crippen LogP contribution in [0.3, 0.4) is 0 Å². The molecule has 236 valence electrons. The van der Waals surface area contributed by atoms with E-state index in [9.17, 15) is 18.0 Å². The number of halogens is 2. The minimum absolute atomic E-state index is 0.0223. The molecule has 0 saturated carbocycles. The highest BCUT2D eigenvalue weighted by atomic mass is 35.5. The number of benzene rings is 4. The van der Waals surface area contributed by atoms with Crippen molar-refractivity contribution in [3.63, 3.8) is 0 Å². The Morgan fingerprint density at radius 2 is 1.42 bits per heavy atom. The first-order chi connectivity index (χ1) is 21.5. The van der Waals surface area contributed by atoms with E-state index >= 15 is 0 Å². The molecule has 0 aliphatic carbocycles. The Hall–Kier alpha value is -3.85. The van der Waals surface area contributed by atoms with Crippen molar-refractivity contribution in [3.05, 3.63) is 130 Å². The minimum atomic E-state index is -4.22. The molecule has 0 aliphatic heterocycles. The summed E-state index contributed by atoms with van der Waals surface area (Å²) in [7, 11) is -4.22. The minimum Gasteiger partial charge on any atom is -0.354 e. The molecule has 10 heteroatoms. The van der Waals surface area contributed by atoms with Gasteiger partial charge in [-0.1, -0.05) is 104 Å². The van der Waals surface area contributed by atoms with Gasteiger partial charge >= 0.3 is 0 Å². The number of amides is 2. The summed E-state index contributed by atoms with van der Waals surface area (Å²) in [5.41, 5.74) is 2.43. The summed E-state index contributed by atoms with van der Waals surface area (Å²) in [5.74, 6) is -0.713. The summed E-state index contributed by atoms with van der Waals surface area (Å²) in [6.45, 7) is 5.61. The molecule has 4 rings (SSSR count). The molecule has 4 aromatic carbocycles. The second-order valence-corrected chi connectivity index (χ2v) is 14.0. The zero-order valence-electron chi connectivity index (χ0n) is 25.5. The van der Waals surface area contributed by atoms with E-state index in [4.69, 9.17) is 23.2 Å². The lowest BCUT2D eigenvalue weighted by atomic mass is 10.0. The number of hydrogen-bond acceptors (Lipinski definition) is 4. The highest BCUT2D eigenvalue weighted by Gasteiger charge is 2.35. The smallest absolute Gasteiger partial charge is 0.264 e. The third kappa shape index (κ3) is 9.10. The lowest BCUT2D eigenvalue weighted by Gasteiger charge is -2.34. The van der Waals surface area contributed by atoms with Crippen LogP contribution in [0.25, 0.3) is 0 Å². The quantitative estimate of drug-likeness (QED) is 0.168. The van der Waals surface area contributed by atoms with Crippen LogP contribution in [0.15, 0.2) is 108 Å². The molecule has 0 spiro atoms. The van der Waals surface area contributed by atoms with Crippen LogP contribution in [0.2, 0.25) is 10.0 Å². The molecular formula is C35H37Cl2N3O4S. The molecule has 4 aromatic rings. The number of rotatable bonds is 13. The Balaban J connectivity index is 1.82. The third-order valence-electron chi connectivity index (χ3n) is 7.25. The van der Waals surface area contributed by atoms with Crippen LogP contribution in [0, 0.1) is 12.8 Å². The topological polar surface area (TPSA) is 86.8 Å². The Bertz CT molecular complexity index is 1720. The second-order valence-electron chi connectivity index (χ2n) is 11.3. The first-order valence-electron chi connectivity index (χ1n) is 14.6. The number of carbonyl (C=O) groups excluding carboxylic acids is 2. The molecule has 45 heavy (non-hydrogen) atoms. The van der Waals surface area contributed by atoms with Crippen LogP contribution < -0.4 is 9.62 Å². The Labute approximate surface area is 275 Å². The molecule has 0 aromatic heterocycles. The summed E-state index contributed by atoms with van der Waals surface area (Å²) in [5, 5.41) is 3.78. The highest BCUT2D eigenvalue weighted by Crippen LogP contribution is 2.30. The number of nitrogens with one attached hydrogen (secondary N) is 1. The molecule has 2 amide bonds. The van der Waals surface area contributed by atoms with E-state index in [1.807, 2.05) is 50.2 Å². The van der Waals surface area contributed by atoms with Gasteiger partial charge in [0.05, 0.1) is 10.6 Å². The fraction of sp³-hybridized carbons (Fsp3) is 0.257. The van der Waals surface area contributed by atoms with E-state index in [-0.39, 0.29) is 35.4 Å². The Morgan fingerprint density at radius 1 is 0.800 bits per heavy atom. The summed E-state index contributed by atoms with van der Waals surface area (Å²) < 4.78 is 29.4. The number of hydrogen-bond donors (Lipinski definition) is 1. The first kappa shape index (κ1) is 34.0. The lowest BCUT2D eigenvalue weighted by Crippen LogP contribution is -2.53. The largest absolute Gasteiger partial charge is 0.354 e. The average Bonchev–Trinajstić information content (AvgIpc) is 3.02. The molecule has 0 radical (unpaired) electrons. The van der Waals surface area contributed by atoms with E-state index < -0.39 is 28.5 Å². The maximum atomic E-state index is 14.5. The van der Waals surface area contributed by atoms with E-state index in [1.165, 1.54) is 23.1 Å². The molecule has 1 atom stereocenters. The SMILES string of the molecule is Cc1ccc(Cl)cc1N(CC(=O)N(Cc1cccc(Cl)c1)[C@H](Cc1ccccc1)C(=O)NCC(C)C)S(=O)(=O)c1ccccc1. The van der Waals surface area contributed by atoms with E-state index in [2.05, 4.69) is 5.32 Å². The number of aryl methyl sites for hydroxylation is 1. The van der Waals surface area contributed by atoms with Gasteiger partial charge in [-0.3, -0.25) is 13.9 Å². The van der Waals surface area contributed by atoms with Gasteiger partial charge in [0.2, 0.25) is 11.8 Å². The summed E-state index contributed by atoms with van der Waals surface area (Å²) in [4.78, 5) is 29.9. The van der Waals surface area contributed by atoms with Crippen LogP contribution in [0.5, 0.6) is 0 Å². The number of anilines is 1. The normalized spacial score (nSPS) is 12.0. The Kier molecular flexibility index (Phi) is 11.7. The van der Waals surface area contributed by atoms with E-state index in [0.717, 1.165) is 9.87 Å². The van der Waals surface area contributed by atoms with Gasteiger partial charge in [-0.15, -0.1) is 0 Å². The van der Waals surface area contributed by atoms with Crippen molar-refractivity contribution in [2.75, 3.05) is 17.4 Å². The van der Waals surface area contributed by atoms with Crippen LogP contribution >= 0.6 is 23.2 Å². The van der Waals surface area contributed by atoms with Crippen LogP contribution in [0.4, 0.5) is 5.69 Å². The fourth-order valence-corrected chi connectivity index (χ4v) is 6.76. The molecule has 1 N–H and O–H groups in total. The van der Waals surface area contributed by atoms with Gasteiger partial charge in [-0.2, -0.15) is 0 Å². The van der Waals surface area contributed by atoms with Gasteiger partial charge in [0.25, 0.3) is 10.0 Å². The van der Waals surface area contributed by atoms with Gasteiger partial charge in [0.1, 0.15) is 12.6 Å². The van der Waals surface area contributed by atoms with Crippen LogP contribution in [-0.4, -0.2) is 44.3 Å². The van der Waals surface area contributed by atoms with Crippen molar-refractivity contribution >= 4 is 50.7 Å². The van der Waals surface area contributed by atoms with Gasteiger partial charge in [0, 0.05) is 29.6 Å². The third-order valence-corrected chi connectivity index (χ3v) is 9.49. The molecule has 0 unspecified atom stereocenters. The fourth-order valence-electron chi connectivity index (χ4n) is 4.89. The summed E-state index contributed by atoms with van der Waals surface area (Å²) in [6.07, 6.45) is 0.221. The van der Waals surface area contributed by atoms with Crippen molar-refractivity contribution in [2.45, 2.75) is 44.7 Å². The molecule has 0 bridgehead atoms. The summed E-state index contributed by atoms with van der Waals surface area (Å²) >= 11 is 12.6. The predicted octanol–water partition coefficient (Wildman–Crippen LogP) is 6.91. The van der Waals surface area contributed by atoms with Crippen LogP contribution in [-0.2, 0) is 32.6 Å². The maximum absolute atomic E-state index is 14.5. The number of sulfonamides is 1. The lowest BCUT2D eigenvalue weighted by molar-refractivity contribution is -0.140. The van der Waals surface area contributed by atoms with E-state index in [1.54, 1.807) is 55.5 Å². The van der Waals surface area contributed by atoms with Crippen molar-refractivity contribution in [3.8, 4) is 0 Å². The number of nitrogens with zero attached hydrogens (tertiary/aromatic N) is 2. The average molecular weight is 667 g/mol. The molecule has 0 fully saturated rings. The van der Waals surface area contributed by atoms with E-state index in [0.29, 0.717) is 27.7 Å². The number of carbonyl (C=O) groups is 2. The molecule has 7 nitrogen and oxygen atoms in total. The second kappa shape index (κ2) is 15.4. The van der Waals surface area contributed by atoms with Gasteiger partial charge < -0.3 is 10.2 Å². The van der Waals surface area contributed by atoms with Gasteiger partial charge in [0.15, 0.2) is 0 Å². The zero-order chi connectivity index (χ0) is 32.6. The van der Waals surface area contributed by atoms with Crippen molar-refractivity contribution in [1.29, 1.82) is 0 Å². The first-order valence-corrected chi connectivity index (χ1v) is 16.8. The highest BCUT2D eigenvalue weighted by molar-refractivity contribution is 7.92. The van der Waals surface area contributed by atoms with Crippen molar-refractivity contribution < 1.29 is 18.0 Å². The molecule has 0 heterocycles. The standard InChI is InChI=1S/C35H37Cl2N3O4S/c1-25(2)22-38-35(42)33(20-27-11-6-4-7-12-27)39(23-28-13-10-14-29(36)19-28)34(41)24-40(32-21-30(37)18-17-26(32)3)45(43,44)31-15-8-5-9-16-31/h4-19,21,25,33H,20,22-24H2,1-3H3,(H,38,42)/t33-/m1/s1. The van der Waals surface area contributed by atoms with Gasteiger partial charge in [-0.05, 0) is 65.9 Å². The zero-order valence-corrected chi connectivity index (χ0v) is 27.8. The Morgan fingerprint density at radius 3 is 2.07 bits per heavy atom. The molecule has 0 aliphatic rings. The monoisotopic (exact) mass is 665 g/mol.